The summed E-state index contributed by atoms with van der Waals surface area (Å²) in [6.45, 7) is 0. The SMILES string of the molecule is OC(Cc1sccc1Br)C1CCC1. The minimum absolute atomic E-state index is 0.122. The highest BCUT2D eigenvalue weighted by Crippen LogP contribution is 2.33. The van der Waals surface area contributed by atoms with Crippen molar-refractivity contribution in [1.82, 2.24) is 0 Å². The molecule has 1 heterocycles. The van der Waals surface area contributed by atoms with Gasteiger partial charge in [0.15, 0.2) is 0 Å². The third-order valence-electron chi connectivity index (χ3n) is 2.78. The summed E-state index contributed by atoms with van der Waals surface area (Å²) in [5.74, 6) is 0.564. The van der Waals surface area contributed by atoms with Crippen LogP contribution in [0.25, 0.3) is 0 Å². The van der Waals surface area contributed by atoms with Crippen molar-refractivity contribution in [1.29, 1.82) is 0 Å². The van der Waals surface area contributed by atoms with E-state index in [1.54, 1.807) is 11.3 Å². The Balaban J connectivity index is 1.93. The lowest BCUT2D eigenvalue weighted by Gasteiger charge is -2.30. The van der Waals surface area contributed by atoms with Crippen LogP contribution in [-0.2, 0) is 6.42 Å². The number of aliphatic hydroxyl groups excluding tert-OH is 1. The number of rotatable bonds is 3. The standard InChI is InChI=1S/C10H13BrOS/c11-8-4-5-13-10(8)6-9(12)7-2-1-3-7/h4-5,7,9,12H,1-3,6H2. The monoisotopic (exact) mass is 260 g/mol. The summed E-state index contributed by atoms with van der Waals surface area (Å²) in [7, 11) is 0. The second kappa shape index (κ2) is 4.11. The van der Waals surface area contributed by atoms with Crippen LogP contribution in [0.2, 0.25) is 0 Å². The van der Waals surface area contributed by atoms with Crippen LogP contribution in [0.4, 0.5) is 0 Å². The van der Waals surface area contributed by atoms with Crippen LogP contribution in [0.15, 0.2) is 15.9 Å². The van der Waals surface area contributed by atoms with Crippen LogP contribution in [-0.4, -0.2) is 11.2 Å². The van der Waals surface area contributed by atoms with Gasteiger partial charge in [0.2, 0.25) is 0 Å². The van der Waals surface area contributed by atoms with Gasteiger partial charge in [-0.2, -0.15) is 0 Å². The van der Waals surface area contributed by atoms with Gasteiger partial charge in [-0.1, -0.05) is 6.42 Å². The van der Waals surface area contributed by atoms with E-state index in [1.165, 1.54) is 24.1 Å². The van der Waals surface area contributed by atoms with Crippen molar-refractivity contribution in [2.75, 3.05) is 0 Å². The zero-order chi connectivity index (χ0) is 9.26. The van der Waals surface area contributed by atoms with Gasteiger partial charge < -0.3 is 5.11 Å². The third-order valence-corrected chi connectivity index (χ3v) is 4.73. The molecule has 0 amide bonds. The molecule has 1 aromatic rings. The first-order valence-corrected chi connectivity index (χ1v) is 6.34. The van der Waals surface area contributed by atoms with Crippen molar-refractivity contribution in [2.24, 2.45) is 5.92 Å². The van der Waals surface area contributed by atoms with Crippen LogP contribution >= 0.6 is 27.3 Å². The van der Waals surface area contributed by atoms with Gasteiger partial charge in [0.25, 0.3) is 0 Å². The second-order valence-electron chi connectivity index (χ2n) is 3.65. The maximum absolute atomic E-state index is 9.85. The molecular formula is C10H13BrOS. The fraction of sp³-hybridized carbons (Fsp3) is 0.600. The van der Waals surface area contributed by atoms with Crippen molar-refractivity contribution < 1.29 is 5.11 Å². The average molecular weight is 261 g/mol. The molecule has 13 heavy (non-hydrogen) atoms. The van der Waals surface area contributed by atoms with Crippen molar-refractivity contribution in [3.05, 3.63) is 20.8 Å². The molecule has 1 unspecified atom stereocenters. The predicted octanol–water partition coefficient (Wildman–Crippen LogP) is 3.21. The number of halogens is 1. The molecule has 0 radical (unpaired) electrons. The summed E-state index contributed by atoms with van der Waals surface area (Å²) in [4.78, 5) is 1.28. The molecule has 1 aromatic heterocycles. The summed E-state index contributed by atoms with van der Waals surface area (Å²) in [5.41, 5.74) is 0. The van der Waals surface area contributed by atoms with Crippen molar-refractivity contribution in [2.45, 2.75) is 31.8 Å². The Labute approximate surface area is 90.9 Å². The molecule has 2 rings (SSSR count). The van der Waals surface area contributed by atoms with E-state index in [2.05, 4.69) is 21.3 Å². The second-order valence-corrected chi connectivity index (χ2v) is 5.51. The number of thiophene rings is 1. The van der Waals surface area contributed by atoms with Gasteiger partial charge in [-0.3, -0.25) is 0 Å². The van der Waals surface area contributed by atoms with E-state index < -0.39 is 0 Å². The van der Waals surface area contributed by atoms with Crippen molar-refractivity contribution in [3.63, 3.8) is 0 Å². The first-order valence-electron chi connectivity index (χ1n) is 4.67. The lowest BCUT2D eigenvalue weighted by Crippen LogP contribution is -2.28. The lowest BCUT2D eigenvalue weighted by molar-refractivity contribution is 0.0635. The van der Waals surface area contributed by atoms with E-state index >= 15 is 0 Å². The van der Waals surface area contributed by atoms with E-state index in [4.69, 9.17) is 0 Å². The van der Waals surface area contributed by atoms with E-state index in [9.17, 15) is 5.11 Å². The van der Waals surface area contributed by atoms with E-state index in [-0.39, 0.29) is 6.10 Å². The maximum atomic E-state index is 9.85. The van der Waals surface area contributed by atoms with Gasteiger partial charge in [-0.05, 0) is 46.1 Å². The normalized spacial score (nSPS) is 19.8. The fourth-order valence-corrected chi connectivity index (χ4v) is 3.22. The highest BCUT2D eigenvalue weighted by molar-refractivity contribution is 9.10. The lowest BCUT2D eigenvalue weighted by atomic mass is 9.80. The Hall–Kier alpha value is 0.140. The van der Waals surface area contributed by atoms with Crippen LogP contribution < -0.4 is 0 Å². The Morgan fingerprint density at radius 3 is 2.85 bits per heavy atom. The Morgan fingerprint density at radius 1 is 1.62 bits per heavy atom. The van der Waals surface area contributed by atoms with Crippen molar-refractivity contribution in [3.8, 4) is 0 Å². The van der Waals surface area contributed by atoms with Gasteiger partial charge in [-0.15, -0.1) is 11.3 Å². The van der Waals surface area contributed by atoms with Crippen molar-refractivity contribution >= 4 is 27.3 Å². The van der Waals surface area contributed by atoms with Crippen LogP contribution in [0, 0.1) is 5.92 Å². The molecule has 0 spiro atoms. The molecule has 0 aliphatic heterocycles. The Bertz CT molecular complexity index is 280. The van der Waals surface area contributed by atoms with Gasteiger partial charge in [0.1, 0.15) is 0 Å². The number of aliphatic hydroxyl groups is 1. The van der Waals surface area contributed by atoms with Gasteiger partial charge in [0.05, 0.1) is 6.10 Å². The number of hydrogen-bond acceptors (Lipinski definition) is 2. The molecule has 1 aliphatic rings. The maximum Gasteiger partial charge on any atom is 0.0616 e. The third kappa shape index (κ3) is 2.14. The first-order chi connectivity index (χ1) is 6.27. The molecule has 1 saturated carbocycles. The highest BCUT2D eigenvalue weighted by Gasteiger charge is 2.26. The molecular weight excluding hydrogens is 248 g/mol. The molecule has 3 heteroatoms. The van der Waals surface area contributed by atoms with E-state index in [0.717, 1.165) is 10.9 Å². The fourth-order valence-electron chi connectivity index (χ4n) is 1.65. The summed E-state index contributed by atoms with van der Waals surface area (Å²) < 4.78 is 1.15. The molecule has 1 fully saturated rings. The molecule has 1 atom stereocenters. The van der Waals surface area contributed by atoms with Crippen LogP contribution in [0.1, 0.15) is 24.1 Å². The summed E-state index contributed by atoms with van der Waals surface area (Å²) in [6, 6.07) is 2.05. The average Bonchev–Trinajstić information content (AvgIpc) is 2.32. The molecule has 0 aromatic carbocycles. The zero-order valence-corrected chi connectivity index (χ0v) is 9.77. The van der Waals surface area contributed by atoms with Crippen LogP contribution in [0.5, 0.6) is 0 Å². The quantitative estimate of drug-likeness (QED) is 0.885. The van der Waals surface area contributed by atoms with E-state index in [1.807, 2.05) is 6.07 Å². The topological polar surface area (TPSA) is 20.2 Å². The Kier molecular flexibility index (Phi) is 3.06. The summed E-state index contributed by atoms with van der Waals surface area (Å²) >= 11 is 5.21. The molecule has 1 N–H and O–H groups in total. The van der Waals surface area contributed by atoms with Gasteiger partial charge in [-0.25, -0.2) is 0 Å². The van der Waals surface area contributed by atoms with Crippen LogP contribution in [0.3, 0.4) is 0 Å². The highest BCUT2D eigenvalue weighted by atomic mass is 79.9. The molecule has 1 aliphatic carbocycles. The summed E-state index contributed by atoms with van der Waals surface area (Å²) in [6.07, 6.45) is 4.42. The smallest absolute Gasteiger partial charge is 0.0616 e. The molecule has 0 bridgehead atoms. The first kappa shape index (κ1) is 9.69. The minimum Gasteiger partial charge on any atom is -0.392 e. The number of hydrogen-bond donors (Lipinski definition) is 1. The Morgan fingerprint density at radius 2 is 2.38 bits per heavy atom. The molecule has 72 valence electrons. The predicted molar refractivity (Wildman–Crippen MR) is 59.1 cm³/mol. The summed E-state index contributed by atoms with van der Waals surface area (Å²) in [5, 5.41) is 11.9. The van der Waals surface area contributed by atoms with Gasteiger partial charge in [0, 0.05) is 15.8 Å². The minimum atomic E-state index is -0.122. The molecule has 0 saturated heterocycles. The largest absolute Gasteiger partial charge is 0.392 e. The zero-order valence-electron chi connectivity index (χ0n) is 7.37. The molecule has 1 nitrogen and oxygen atoms in total. The van der Waals surface area contributed by atoms with Gasteiger partial charge >= 0.3 is 0 Å². The van der Waals surface area contributed by atoms with E-state index in [0.29, 0.717) is 5.92 Å².